The molecule has 0 N–H and O–H groups in total. The third kappa shape index (κ3) is 5.07. The van der Waals surface area contributed by atoms with Crippen LogP contribution >= 0.6 is 0 Å². The molecule has 4 aliphatic rings. The lowest BCUT2D eigenvalue weighted by Crippen LogP contribution is -2.61. The van der Waals surface area contributed by atoms with Gasteiger partial charge >= 0.3 is 5.97 Å². The second-order valence-corrected chi connectivity index (χ2v) is 12.7. The summed E-state index contributed by atoms with van der Waals surface area (Å²) in [6.07, 6.45) is 6.81. The zero-order valence-electron chi connectivity index (χ0n) is 24.5. The zero-order chi connectivity index (χ0) is 28.7. The maximum Gasteiger partial charge on any atom is 0.320 e. The van der Waals surface area contributed by atoms with Gasteiger partial charge in [0.05, 0.1) is 25.9 Å². The summed E-state index contributed by atoms with van der Waals surface area (Å²) >= 11 is 0. The quantitative estimate of drug-likeness (QED) is 0.422. The van der Waals surface area contributed by atoms with Crippen molar-refractivity contribution in [3.05, 3.63) is 59.8 Å². The number of likely N-dealkylation sites (tertiary alicyclic amines) is 2. The molecular formula is C34H42N2O5. The monoisotopic (exact) mass is 558 g/mol. The van der Waals surface area contributed by atoms with Crippen LogP contribution in [0.4, 0.5) is 0 Å². The van der Waals surface area contributed by atoms with Crippen LogP contribution in [0.15, 0.2) is 54.2 Å². The first-order valence-corrected chi connectivity index (χ1v) is 15.4. The van der Waals surface area contributed by atoms with E-state index in [2.05, 4.69) is 38.1 Å². The molecule has 2 amide bonds. The van der Waals surface area contributed by atoms with Crippen LogP contribution in [0.3, 0.4) is 0 Å². The average Bonchev–Trinajstić information content (AvgIpc) is 3.84. The molecule has 3 heterocycles. The highest BCUT2D eigenvalue weighted by molar-refractivity contribution is 5.93. The molecule has 1 aliphatic carbocycles. The third-order valence-electron chi connectivity index (χ3n) is 9.64. The number of ether oxygens (including phenoxy) is 2. The van der Waals surface area contributed by atoms with Crippen molar-refractivity contribution in [2.45, 2.75) is 77.5 Å². The number of carbonyl (C=O) groups is 3. The van der Waals surface area contributed by atoms with Gasteiger partial charge < -0.3 is 19.3 Å². The van der Waals surface area contributed by atoms with Gasteiger partial charge in [-0.2, -0.15) is 0 Å². The predicted octanol–water partition coefficient (Wildman–Crippen LogP) is 5.47. The summed E-state index contributed by atoms with van der Waals surface area (Å²) in [7, 11) is 1.42. The van der Waals surface area contributed by atoms with E-state index in [0.29, 0.717) is 12.2 Å². The largest absolute Gasteiger partial charge is 0.468 e. The smallest absolute Gasteiger partial charge is 0.320 e. The van der Waals surface area contributed by atoms with Crippen molar-refractivity contribution in [2.24, 2.45) is 23.2 Å². The molecule has 6 rings (SSSR count). The number of amides is 2. The van der Waals surface area contributed by atoms with E-state index in [1.807, 2.05) is 34.1 Å². The Balaban J connectivity index is 1.46. The molecule has 2 saturated heterocycles. The number of methoxy groups -OCH3 is 1. The Morgan fingerprint density at radius 2 is 1.78 bits per heavy atom. The van der Waals surface area contributed by atoms with Crippen LogP contribution in [-0.2, 0) is 30.4 Å². The van der Waals surface area contributed by atoms with Gasteiger partial charge in [0.2, 0.25) is 11.8 Å². The first kappa shape index (κ1) is 28.0. The number of rotatable bonds is 7. The molecular weight excluding hydrogens is 516 g/mol. The Hall–Kier alpha value is -3.19. The van der Waals surface area contributed by atoms with Gasteiger partial charge in [0.1, 0.15) is 5.41 Å². The zero-order valence-corrected chi connectivity index (χ0v) is 24.5. The van der Waals surface area contributed by atoms with Crippen molar-refractivity contribution in [3.63, 3.8) is 0 Å². The summed E-state index contributed by atoms with van der Waals surface area (Å²) in [6.45, 7) is 6.00. The van der Waals surface area contributed by atoms with E-state index in [-0.39, 0.29) is 48.6 Å². The van der Waals surface area contributed by atoms with Crippen LogP contribution in [0.5, 0.6) is 0 Å². The highest BCUT2D eigenvalue weighted by Gasteiger charge is 2.64. The highest BCUT2D eigenvalue weighted by atomic mass is 16.5. The molecule has 7 nitrogen and oxygen atoms in total. The molecule has 2 aromatic rings. The van der Waals surface area contributed by atoms with Crippen LogP contribution in [-0.4, -0.2) is 60.0 Å². The van der Waals surface area contributed by atoms with E-state index in [1.54, 1.807) is 0 Å². The minimum atomic E-state index is -1.13. The molecule has 0 radical (unpaired) electrons. The van der Waals surface area contributed by atoms with Crippen molar-refractivity contribution in [1.29, 1.82) is 0 Å². The van der Waals surface area contributed by atoms with E-state index in [4.69, 9.17) is 9.47 Å². The average molecular weight is 559 g/mol. The number of hydrogen-bond donors (Lipinski definition) is 0. The van der Waals surface area contributed by atoms with Crippen molar-refractivity contribution in [1.82, 2.24) is 9.80 Å². The van der Waals surface area contributed by atoms with Crippen molar-refractivity contribution in [3.8, 4) is 0 Å². The van der Waals surface area contributed by atoms with E-state index >= 15 is 0 Å². The van der Waals surface area contributed by atoms with Gasteiger partial charge in [0, 0.05) is 31.1 Å². The fourth-order valence-electron chi connectivity index (χ4n) is 7.30. The lowest BCUT2D eigenvalue weighted by Gasteiger charge is -2.53. The van der Waals surface area contributed by atoms with Gasteiger partial charge in [-0.3, -0.25) is 14.4 Å². The second kappa shape index (κ2) is 11.2. The van der Waals surface area contributed by atoms with Gasteiger partial charge in [0.25, 0.3) is 0 Å². The van der Waals surface area contributed by atoms with Crippen molar-refractivity contribution >= 4 is 28.6 Å². The summed E-state index contributed by atoms with van der Waals surface area (Å²) in [5, 5.41) is 2.17. The Bertz CT molecular complexity index is 1350. The molecule has 0 bridgehead atoms. The number of piperidine rings is 2. The first-order valence-electron chi connectivity index (χ1n) is 15.4. The van der Waals surface area contributed by atoms with Crippen molar-refractivity contribution < 1.29 is 23.9 Å². The summed E-state index contributed by atoms with van der Waals surface area (Å²) in [5.74, 6) is -0.685. The van der Waals surface area contributed by atoms with Gasteiger partial charge in [-0.1, -0.05) is 56.3 Å². The fourth-order valence-corrected chi connectivity index (χ4v) is 7.30. The lowest BCUT2D eigenvalue weighted by atomic mass is 9.64. The van der Waals surface area contributed by atoms with Crippen LogP contribution < -0.4 is 0 Å². The number of benzene rings is 2. The minimum Gasteiger partial charge on any atom is -0.468 e. The molecule has 41 heavy (non-hydrogen) atoms. The summed E-state index contributed by atoms with van der Waals surface area (Å²) in [4.78, 5) is 45.7. The predicted molar refractivity (Wildman–Crippen MR) is 156 cm³/mol. The molecule has 3 aliphatic heterocycles. The Morgan fingerprint density at radius 1 is 1.05 bits per heavy atom. The van der Waals surface area contributed by atoms with Crippen LogP contribution in [0.1, 0.15) is 64.4 Å². The van der Waals surface area contributed by atoms with Crippen molar-refractivity contribution in [2.75, 3.05) is 20.2 Å². The molecule has 4 atom stereocenters. The summed E-state index contributed by atoms with van der Waals surface area (Å²) < 4.78 is 12.3. The van der Waals surface area contributed by atoms with Gasteiger partial charge in [-0.05, 0) is 72.8 Å². The second-order valence-electron chi connectivity index (χ2n) is 12.7. The van der Waals surface area contributed by atoms with E-state index in [1.165, 1.54) is 7.11 Å². The fraction of sp³-hybridized carbons (Fsp3) is 0.559. The van der Waals surface area contributed by atoms with E-state index in [9.17, 15) is 14.4 Å². The van der Waals surface area contributed by atoms with Gasteiger partial charge in [-0.25, -0.2) is 0 Å². The molecule has 0 spiro atoms. The van der Waals surface area contributed by atoms with Crippen LogP contribution in [0, 0.1) is 23.2 Å². The Morgan fingerprint density at radius 3 is 2.49 bits per heavy atom. The first-order chi connectivity index (χ1) is 19.8. The molecule has 0 unspecified atom stereocenters. The number of hydrogen-bond acceptors (Lipinski definition) is 5. The van der Waals surface area contributed by atoms with Gasteiger partial charge in [-0.15, -0.1) is 0 Å². The third-order valence-corrected chi connectivity index (χ3v) is 9.64. The number of fused-ring (bicyclic) bond motifs is 2. The van der Waals surface area contributed by atoms with E-state index < -0.39 is 17.4 Å². The van der Waals surface area contributed by atoms with Gasteiger partial charge in [0.15, 0.2) is 0 Å². The molecule has 1 saturated carbocycles. The number of carbonyl (C=O) groups excluding carboxylic acids is 3. The maximum atomic E-state index is 14.5. The standard InChI is InChI=1S/C34H42N2O5/c1-22(2)28-19-29-34(33(39)40-3,31(41-28)24-14-15-24)20-26(18-30(37)35-16-7-4-8-17-35)32(38)36(29)21-25-12-9-11-23-10-5-6-13-27(23)25/h5-6,9-13,19,22,24,26,28,31H,4,7-8,14-18,20-21H2,1-3H3/t26-,28+,31+,34+/m0/s1. The SMILES string of the molecule is COC(=O)[C@]12C[C@H](CC(=O)N3CCCCC3)C(=O)N(Cc3cccc4ccccc34)C1=C[C@H](C(C)C)O[C@@H]2C1CC1. The Labute approximate surface area is 242 Å². The summed E-state index contributed by atoms with van der Waals surface area (Å²) in [5.41, 5.74) is 0.576. The van der Waals surface area contributed by atoms with Crippen LogP contribution in [0.25, 0.3) is 10.8 Å². The summed E-state index contributed by atoms with van der Waals surface area (Å²) in [6, 6.07) is 14.3. The highest BCUT2D eigenvalue weighted by Crippen LogP contribution is 2.57. The van der Waals surface area contributed by atoms with Crippen LogP contribution in [0.2, 0.25) is 0 Å². The Kier molecular flexibility index (Phi) is 7.66. The minimum absolute atomic E-state index is 0.000336. The molecule has 7 heteroatoms. The number of nitrogens with zero attached hydrogens (tertiary/aromatic N) is 2. The normalized spacial score (nSPS) is 28.4. The molecule has 2 aromatic carbocycles. The molecule has 218 valence electrons. The van der Waals surface area contributed by atoms with E-state index in [0.717, 1.165) is 61.5 Å². The molecule has 3 fully saturated rings. The maximum absolute atomic E-state index is 14.5. The molecule has 0 aromatic heterocycles. The topological polar surface area (TPSA) is 76.2 Å². The number of esters is 1. The lowest BCUT2D eigenvalue weighted by molar-refractivity contribution is -0.182.